The lowest BCUT2D eigenvalue weighted by molar-refractivity contribution is -0.123. The molecule has 7 nitrogen and oxygen atoms in total. The Morgan fingerprint density at radius 1 is 1.17 bits per heavy atom. The molecule has 3 rings (SSSR count). The molecule has 2 N–H and O–H groups in total. The van der Waals surface area contributed by atoms with Gasteiger partial charge in [0.05, 0.1) is 26.7 Å². The van der Waals surface area contributed by atoms with Gasteiger partial charge in [-0.3, -0.25) is 9.59 Å². The standard InChI is InChI=1S/C23H28N2O5/c1-15-9-10-16(12-19(15)25-23(27)18-7-5-11-30-14-18)22(26)24-13-17-6-4-8-20(28-2)21(17)29-3/h4,6,8-10,12,18H,5,7,11,13-14H2,1-3H3,(H,24,26)(H,25,27). The third kappa shape index (κ3) is 5.10. The molecule has 0 radical (unpaired) electrons. The summed E-state index contributed by atoms with van der Waals surface area (Å²) < 4.78 is 16.1. The molecule has 0 saturated carbocycles. The highest BCUT2D eigenvalue weighted by Crippen LogP contribution is 2.30. The lowest BCUT2D eigenvalue weighted by Crippen LogP contribution is -2.30. The summed E-state index contributed by atoms with van der Waals surface area (Å²) in [4.78, 5) is 25.2. The van der Waals surface area contributed by atoms with Crippen LogP contribution in [-0.2, 0) is 16.1 Å². The van der Waals surface area contributed by atoms with Crippen LogP contribution in [0.25, 0.3) is 0 Å². The van der Waals surface area contributed by atoms with Gasteiger partial charge in [0.1, 0.15) is 0 Å². The third-order valence-corrected chi connectivity index (χ3v) is 5.21. The summed E-state index contributed by atoms with van der Waals surface area (Å²) in [7, 11) is 3.14. The number of anilines is 1. The van der Waals surface area contributed by atoms with Gasteiger partial charge in [-0.2, -0.15) is 0 Å². The van der Waals surface area contributed by atoms with Crippen molar-refractivity contribution in [3.8, 4) is 11.5 Å². The van der Waals surface area contributed by atoms with Crippen molar-refractivity contribution in [1.29, 1.82) is 0 Å². The molecule has 1 aliphatic rings. The fourth-order valence-corrected chi connectivity index (χ4v) is 3.45. The molecule has 0 bridgehead atoms. The molecule has 1 saturated heterocycles. The summed E-state index contributed by atoms with van der Waals surface area (Å²) in [5.41, 5.74) is 2.81. The summed E-state index contributed by atoms with van der Waals surface area (Å²) in [5, 5.41) is 5.84. The van der Waals surface area contributed by atoms with Gasteiger partial charge in [-0.15, -0.1) is 0 Å². The minimum Gasteiger partial charge on any atom is -0.493 e. The van der Waals surface area contributed by atoms with Crippen molar-refractivity contribution >= 4 is 17.5 Å². The Bertz CT molecular complexity index is 906. The van der Waals surface area contributed by atoms with Gasteiger partial charge in [-0.1, -0.05) is 18.2 Å². The molecule has 0 aliphatic carbocycles. The molecule has 160 valence electrons. The van der Waals surface area contributed by atoms with Crippen LogP contribution in [-0.4, -0.2) is 39.2 Å². The molecule has 2 aromatic carbocycles. The van der Waals surface area contributed by atoms with Gasteiger partial charge in [-0.25, -0.2) is 0 Å². The average molecular weight is 412 g/mol. The molecule has 1 heterocycles. The Morgan fingerprint density at radius 3 is 2.70 bits per heavy atom. The number of nitrogens with one attached hydrogen (secondary N) is 2. The van der Waals surface area contributed by atoms with Crippen molar-refractivity contribution in [2.24, 2.45) is 5.92 Å². The third-order valence-electron chi connectivity index (χ3n) is 5.21. The maximum Gasteiger partial charge on any atom is 0.251 e. The highest BCUT2D eigenvalue weighted by molar-refractivity contribution is 5.98. The summed E-state index contributed by atoms with van der Waals surface area (Å²) in [6.45, 7) is 3.33. The number of rotatable bonds is 7. The quantitative estimate of drug-likeness (QED) is 0.729. The van der Waals surface area contributed by atoms with Crippen LogP contribution in [0.2, 0.25) is 0 Å². The van der Waals surface area contributed by atoms with Crippen molar-refractivity contribution < 1.29 is 23.8 Å². The molecule has 0 aromatic heterocycles. The SMILES string of the molecule is COc1cccc(CNC(=O)c2ccc(C)c(NC(=O)C3CCCOC3)c2)c1OC. The molecule has 30 heavy (non-hydrogen) atoms. The highest BCUT2D eigenvalue weighted by atomic mass is 16.5. The van der Waals surface area contributed by atoms with Crippen LogP contribution in [0.1, 0.15) is 34.3 Å². The van der Waals surface area contributed by atoms with Crippen molar-refractivity contribution in [3.05, 3.63) is 53.1 Å². The second-order valence-corrected chi connectivity index (χ2v) is 7.27. The minimum atomic E-state index is -0.239. The molecule has 1 atom stereocenters. The van der Waals surface area contributed by atoms with Crippen molar-refractivity contribution in [3.63, 3.8) is 0 Å². The van der Waals surface area contributed by atoms with E-state index in [2.05, 4.69) is 10.6 Å². The van der Waals surface area contributed by atoms with E-state index in [9.17, 15) is 9.59 Å². The minimum absolute atomic E-state index is 0.0727. The second-order valence-electron chi connectivity index (χ2n) is 7.27. The number of hydrogen-bond acceptors (Lipinski definition) is 5. The lowest BCUT2D eigenvalue weighted by atomic mass is 10.0. The normalized spacial score (nSPS) is 15.9. The van der Waals surface area contributed by atoms with Crippen LogP contribution in [0.15, 0.2) is 36.4 Å². The highest BCUT2D eigenvalue weighted by Gasteiger charge is 2.22. The van der Waals surface area contributed by atoms with Gasteiger partial charge in [-0.05, 0) is 43.5 Å². The first-order valence-corrected chi connectivity index (χ1v) is 10.0. The van der Waals surface area contributed by atoms with E-state index < -0.39 is 0 Å². The largest absolute Gasteiger partial charge is 0.493 e. The Kier molecular flexibility index (Phi) is 7.30. The van der Waals surface area contributed by atoms with Gasteiger partial charge < -0.3 is 24.8 Å². The van der Waals surface area contributed by atoms with Gasteiger partial charge >= 0.3 is 0 Å². The fraction of sp³-hybridized carbons (Fsp3) is 0.391. The number of ether oxygens (including phenoxy) is 3. The number of para-hydroxylation sites is 1. The van der Waals surface area contributed by atoms with Gasteiger partial charge in [0.15, 0.2) is 11.5 Å². The zero-order valence-corrected chi connectivity index (χ0v) is 17.6. The Labute approximate surface area is 176 Å². The van der Waals surface area contributed by atoms with Crippen LogP contribution < -0.4 is 20.1 Å². The summed E-state index contributed by atoms with van der Waals surface area (Å²) >= 11 is 0. The van der Waals surface area contributed by atoms with E-state index in [0.717, 1.165) is 24.0 Å². The van der Waals surface area contributed by atoms with E-state index >= 15 is 0 Å². The molecular formula is C23H28N2O5. The Morgan fingerprint density at radius 2 is 2.00 bits per heavy atom. The number of aryl methyl sites for hydroxylation is 1. The second kappa shape index (κ2) is 10.1. The number of amides is 2. The predicted molar refractivity (Wildman–Crippen MR) is 114 cm³/mol. The van der Waals surface area contributed by atoms with Crippen molar-refractivity contribution in [2.75, 3.05) is 32.8 Å². The van der Waals surface area contributed by atoms with Crippen molar-refractivity contribution in [2.45, 2.75) is 26.3 Å². The molecule has 0 spiro atoms. The maximum absolute atomic E-state index is 12.7. The zero-order chi connectivity index (χ0) is 21.5. The van der Waals surface area contributed by atoms with E-state index in [0.29, 0.717) is 36.0 Å². The topological polar surface area (TPSA) is 85.9 Å². The summed E-state index contributed by atoms with van der Waals surface area (Å²) in [6.07, 6.45) is 1.70. The zero-order valence-electron chi connectivity index (χ0n) is 17.6. The van der Waals surface area contributed by atoms with E-state index in [-0.39, 0.29) is 24.3 Å². The number of benzene rings is 2. The smallest absolute Gasteiger partial charge is 0.251 e. The molecule has 1 unspecified atom stereocenters. The molecule has 2 aromatic rings. The molecular weight excluding hydrogens is 384 g/mol. The number of carbonyl (C=O) groups excluding carboxylic acids is 2. The summed E-state index contributed by atoms with van der Waals surface area (Å²) in [5.74, 6) is 0.729. The van der Waals surface area contributed by atoms with Gasteiger partial charge in [0.25, 0.3) is 5.91 Å². The molecule has 2 amide bonds. The van der Waals surface area contributed by atoms with Crippen LogP contribution in [0.5, 0.6) is 11.5 Å². The van der Waals surface area contributed by atoms with Gasteiger partial charge in [0, 0.05) is 30.0 Å². The number of hydrogen-bond donors (Lipinski definition) is 2. The van der Waals surface area contributed by atoms with E-state index in [1.165, 1.54) is 0 Å². The first-order chi connectivity index (χ1) is 14.5. The van der Waals surface area contributed by atoms with E-state index in [4.69, 9.17) is 14.2 Å². The Hall–Kier alpha value is -3.06. The van der Waals surface area contributed by atoms with Gasteiger partial charge in [0.2, 0.25) is 5.91 Å². The van der Waals surface area contributed by atoms with Crippen LogP contribution >= 0.6 is 0 Å². The van der Waals surface area contributed by atoms with Crippen LogP contribution in [0.4, 0.5) is 5.69 Å². The van der Waals surface area contributed by atoms with Crippen LogP contribution in [0.3, 0.4) is 0 Å². The average Bonchev–Trinajstić information content (AvgIpc) is 2.78. The predicted octanol–water partition coefficient (Wildman–Crippen LogP) is 3.31. The first-order valence-electron chi connectivity index (χ1n) is 10.0. The number of carbonyl (C=O) groups is 2. The molecule has 1 fully saturated rings. The fourth-order valence-electron chi connectivity index (χ4n) is 3.45. The first kappa shape index (κ1) is 21.6. The van der Waals surface area contributed by atoms with Crippen LogP contribution in [0, 0.1) is 12.8 Å². The summed E-state index contributed by atoms with van der Waals surface area (Å²) in [6, 6.07) is 10.8. The maximum atomic E-state index is 12.7. The molecule has 7 heteroatoms. The number of methoxy groups -OCH3 is 2. The Balaban J connectivity index is 1.68. The van der Waals surface area contributed by atoms with E-state index in [1.807, 2.05) is 25.1 Å². The monoisotopic (exact) mass is 412 g/mol. The van der Waals surface area contributed by atoms with E-state index in [1.54, 1.807) is 32.4 Å². The lowest BCUT2D eigenvalue weighted by Gasteiger charge is -2.22. The molecule has 1 aliphatic heterocycles. The van der Waals surface area contributed by atoms with Crippen molar-refractivity contribution in [1.82, 2.24) is 5.32 Å².